The van der Waals surface area contributed by atoms with E-state index in [1.807, 2.05) is 19.0 Å². The first kappa shape index (κ1) is 14.1. The lowest BCUT2D eigenvalue weighted by Gasteiger charge is -2.22. The lowest BCUT2D eigenvalue weighted by Crippen LogP contribution is -2.35. The highest BCUT2D eigenvalue weighted by atomic mass is 16.6. The second kappa shape index (κ2) is 6.11. The Morgan fingerprint density at radius 2 is 1.78 bits per heavy atom. The van der Waals surface area contributed by atoms with Crippen molar-refractivity contribution in [1.29, 1.82) is 0 Å². The molecule has 0 radical (unpaired) electrons. The molecule has 0 aliphatic heterocycles. The van der Waals surface area contributed by atoms with Crippen LogP contribution in [0.15, 0.2) is 24.3 Å². The van der Waals surface area contributed by atoms with Gasteiger partial charge in [0.05, 0.1) is 4.92 Å². The van der Waals surface area contributed by atoms with E-state index in [1.54, 1.807) is 17.0 Å². The van der Waals surface area contributed by atoms with Gasteiger partial charge in [0.15, 0.2) is 0 Å². The van der Waals surface area contributed by atoms with Crippen molar-refractivity contribution in [2.45, 2.75) is 6.92 Å². The van der Waals surface area contributed by atoms with Crippen molar-refractivity contribution in [3.63, 3.8) is 0 Å². The van der Waals surface area contributed by atoms with Crippen molar-refractivity contribution in [2.75, 3.05) is 32.1 Å². The Bertz CT molecular complexity index is 429. The number of nitro benzene ring substituents is 1. The Labute approximate surface area is 106 Å². The van der Waals surface area contributed by atoms with Crippen LogP contribution in [0.3, 0.4) is 0 Å². The number of hydrogen-bond acceptors (Lipinski definition) is 4. The van der Waals surface area contributed by atoms with E-state index in [9.17, 15) is 14.9 Å². The number of carbonyl (C=O) groups is 1. The van der Waals surface area contributed by atoms with Gasteiger partial charge in [0.2, 0.25) is 5.91 Å². The van der Waals surface area contributed by atoms with Gasteiger partial charge in [0.25, 0.3) is 5.69 Å². The predicted octanol–water partition coefficient (Wildman–Crippen LogP) is 1.51. The number of rotatable bonds is 5. The number of nitro groups is 1. The minimum Gasteiger partial charge on any atom is -0.311 e. The molecule has 0 N–H and O–H groups in total. The van der Waals surface area contributed by atoms with Gasteiger partial charge in [0.1, 0.15) is 0 Å². The van der Waals surface area contributed by atoms with Crippen molar-refractivity contribution in [3.05, 3.63) is 34.4 Å². The third kappa shape index (κ3) is 3.81. The van der Waals surface area contributed by atoms with Crippen molar-refractivity contribution in [2.24, 2.45) is 0 Å². The summed E-state index contributed by atoms with van der Waals surface area (Å²) in [6, 6.07) is 5.99. The monoisotopic (exact) mass is 251 g/mol. The molecule has 0 atom stereocenters. The van der Waals surface area contributed by atoms with Crippen molar-refractivity contribution in [3.8, 4) is 0 Å². The first-order valence-electron chi connectivity index (χ1n) is 5.59. The van der Waals surface area contributed by atoms with E-state index in [-0.39, 0.29) is 11.6 Å². The molecule has 18 heavy (non-hydrogen) atoms. The van der Waals surface area contributed by atoms with Crippen LogP contribution < -0.4 is 4.90 Å². The molecule has 0 unspecified atom stereocenters. The summed E-state index contributed by atoms with van der Waals surface area (Å²) >= 11 is 0. The Morgan fingerprint density at radius 3 is 2.17 bits per heavy atom. The molecule has 0 spiro atoms. The van der Waals surface area contributed by atoms with Crippen LogP contribution in [0, 0.1) is 10.1 Å². The average molecular weight is 251 g/mol. The zero-order valence-electron chi connectivity index (χ0n) is 10.8. The summed E-state index contributed by atoms with van der Waals surface area (Å²) in [5.74, 6) is -0.0781. The van der Waals surface area contributed by atoms with Crippen LogP contribution in [0.25, 0.3) is 0 Å². The molecule has 0 aromatic heterocycles. The molecular formula is C12H17N3O3. The van der Waals surface area contributed by atoms with Gasteiger partial charge in [-0.25, -0.2) is 0 Å². The molecule has 0 fully saturated rings. The summed E-state index contributed by atoms with van der Waals surface area (Å²) in [5, 5.41) is 10.5. The maximum atomic E-state index is 11.5. The molecule has 0 heterocycles. The van der Waals surface area contributed by atoms with E-state index >= 15 is 0 Å². The van der Waals surface area contributed by atoms with Crippen LogP contribution in [-0.4, -0.2) is 42.9 Å². The fraction of sp³-hybridized carbons (Fsp3) is 0.417. The van der Waals surface area contributed by atoms with Gasteiger partial charge in [0, 0.05) is 37.8 Å². The minimum absolute atomic E-state index is 0.0230. The largest absolute Gasteiger partial charge is 0.311 e. The number of carbonyl (C=O) groups excluding carboxylic acids is 1. The number of nitrogens with zero attached hydrogens (tertiary/aromatic N) is 3. The summed E-state index contributed by atoms with van der Waals surface area (Å²) in [6.45, 7) is 2.77. The Kier molecular flexibility index (Phi) is 4.79. The van der Waals surface area contributed by atoms with Crippen molar-refractivity contribution >= 4 is 17.3 Å². The second-order valence-electron chi connectivity index (χ2n) is 4.25. The van der Waals surface area contributed by atoms with E-state index < -0.39 is 4.92 Å². The number of amides is 1. The van der Waals surface area contributed by atoms with Gasteiger partial charge in [-0.2, -0.15) is 0 Å². The molecule has 1 aromatic rings. The molecule has 0 saturated carbocycles. The maximum absolute atomic E-state index is 11.5. The summed E-state index contributed by atoms with van der Waals surface area (Å²) in [4.78, 5) is 25.2. The normalized spacial score (nSPS) is 10.4. The van der Waals surface area contributed by atoms with E-state index in [1.165, 1.54) is 19.1 Å². The summed E-state index contributed by atoms with van der Waals surface area (Å²) in [6.07, 6.45) is 0. The van der Waals surface area contributed by atoms with Gasteiger partial charge in [-0.15, -0.1) is 0 Å². The zero-order chi connectivity index (χ0) is 13.7. The first-order chi connectivity index (χ1) is 8.41. The molecule has 1 amide bonds. The third-order valence-corrected chi connectivity index (χ3v) is 2.52. The van der Waals surface area contributed by atoms with Crippen LogP contribution >= 0.6 is 0 Å². The molecule has 6 heteroatoms. The topological polar surface area (TPSA) is 66.7 Å². The summed E-state index contributed by atoms with van der Waals surface area (Å²) < 4.78 is 0. The van der Waals surface area contributed by atoms with Crippen molar-refractivity contribution < 1.29 is 9.72 Å². The van der Waals surface area contributed by atoms with Gasteiger partial charge in [-0.3, -0.25) is 14.9 Å². The lowest BCUT2D eigenvalue weighted by molar-refractivity contribution is -0.384. The van der Waals surface area contributed by atoms with Gasteiger partial charge < -0.3 is 9.80 Å². The van der Waals surface area contributed by atoms with Gasteiger partial charge in [-0.05, 0) is 26.2 Å². The van der Waals surface area contributed by atoms with Gasteiger partial charge >= 0.3 is 0 Å². The molecular weight excluding hydrogens is 234 g/mol. The van der Waals surface area contributed by atoms with E-state index in [0.717, 1.165) is 6.54 Å². The Hall–Kier alpha value is -1.95. The standard InChI is InChI=1S/C12H17N3O3/c1-10(16)14(9-8-13(2)3)11-4-6-12(7-5-11)15(17)18/h4-7H,8-9H2,1-3H3. The number of hydrogen-bond donors (Lipinski definition) is 0. The molecule has 0 aliphatic rings. The number of likely N-dealkylation sites (N-methyl/N-ethyl adjacent to an activating group) is 1. The minimum atomic E-state index is -0.457. The van der Waals surface area contributed by atoms with Crippen LogP contribution in [0.5, 0.6) is 0 Å². The number of non-ortho nitro benzene ring substituents is 1. The zero-order valence-corrected chi connectivity index (χ0v) is 10.8. The second-order valence-corrected chi connectivity index (χ2v) is 4.25. The quantitative estimate of drug-likeness (QED) is 0.587. The van der Waals surface area contributed by atoms with E-state index in [0.29, 0.717) is 12.2 Å². The van der Waals surface area contributed by atoms with Crippen molar-refractivity contribution in [1.82, 2.24) is 4.90 Å². The fourth-order valence-electron chi connectivity index (χ4n) is 1.52. The van der Waals surface area contributed by atoms with Crippen LogP contribution in [0.1, 0.15) is 6.92 Å². The fourth-order valence-corrected chi connectivity index (χ4v) is 1.52. The third-order valence-electron chi connectivity index (χ3n) is 2.52. The van der Waals surface area contributed by atoms with E-state index in [4.69, 9.17) is 0 Å². The molecule has 0 bridgehead atoms. The van der Waals surface area contributed by atoms with Crippen LogP contribution in [0.4, 0.5) is 11.4 Å². The SMILES string of the molecule is CC(=O)N(CCN(C)C)c1ccc([N+](=O)[O-])cc1. The smallest absolute Gasteiger partial charge is 0.269 e. The highest BCUT2D eigenvalue weighted by Crippen LogP contribution is 2.19. The lowest BCUT2D eigenvalue weighted by atomic mass is 10.2. The van der Waals surface area contributed by atoms with E-state index in [2.05, 4.69) is 0 Å². The first-order valence-corrected chi connectivity index (χ1v) is 5.59. The summed E-state index contributed by atoms with van der Waals surface area (Å²) in [7, 11) is 3.85. The number of anilines is 1. The Morgan fingerprint density at radius 1 is 1.22 bits per heavy atom. The van der Waals surface area contributed by atoms with Crippen LogP contribution in [-0.2, 0) is 4.79 Å². The molecule has 1 rings (SSSR count). The average Bonchev–Trinajstić information content (AvgIpc) is 2.29. The Balaban J connectivity index is 2.85. The molecule has 0 saturated heterocycles. The highest BCUT2D eigenvalue weighted by molar-refractivity contribution is 5.91. The van der Waals surface area contributed by atoms with Crippen LogP contribution in [0.2, 0.25) is 0 Å². The molecule has 0 aliphatic carbocycles. The summed E-state index contributed by atoms with van der Waals surface area (Å²) in [5.41, 5.74) is 0.699. The number of benzene rings is 1. The molecule has 98 valence electrons. The predicted molar refractivity (Wildman–Crippen MR) is 69.7 cm³/mol. The molecule has 6 nitrogen and oxygen atoms in total. The molecule has 1 aromatic carbocycles. The highest BCUT2D eigenvalue weighted by Gasteiger charge is 2.13. The maximum Gasteiger partial charge on any atom is 0.269 e. The van der Waals surface area contributed by atoms with Gasteiger partial charge in [-0.1, -0.05) is 0 Å².